The molecule has 0 heterocycles. The lowest BCUT2D eigenvalue weighted by molar-refractivity contribution is -0.119. The van der Waals surface area contributed by atoms with Crippen molar-refractivity contribution in [3.63, 3.8) is 0 Å². The van der Waals surface area contributed by atoms with Crippen LogP contribution in [0, 0.1) is 17.8 Å². The van der Waals surface area contributed by atoms with Crippen molar-refractivity contribution < 1.29 is 9.90 Å². The van der Waals surface area contributed by atoms with Crippen molar-refractivity contribution in [1.82, 2.24) is 10.6 Å². The number of amides is 1. The molecule has 1 amide bonds. The number of hydrogen-bond donors (Lipinski definition) is 4. The zero-order chi connectivity index (χ0) is 21.6. The van der Waals surface area contributed by atoms with Crippen LogP contribution in [0.3, 0.4) is 0 Å². The highest BCUT2D eigenvalue weighted by molar-refractivity contribution is 5.92. The van der Waals surface area contributed by atoms with Gasteiger partial charge in [0.2, 0.25) is 5.91 Å². The van der Waals surface area contributed by atoms with Crippen molar-refractivity contribution in [3.05, 3.63) is 29.8 Å². The van der Waals surface area contributed by atoms with Crippen LogP contribution in [0.5, 0.6) is 0 Å². The van der Waals surface area contributed by atoms with Gasteiger partial charge in [0.25, 0.3) is 0 Å². The minimum atomic E-state index is -0.000982. The van der Waals surface area contributed by atoms with Crippen LogP contribution in [-0.4, -0.2) is 36.7 Å². The molecule has 0 saturated carbocycles. The van der Waals surface area contributed by atoms with Crippen LogP contribution in [0.1, 0.15) is 59.4 Å². The largest absolute Gasteiger partial charge is 0.396 e. The summed E-state index contributed by atoms with van der Waals surface area (Å²) >= 11 is 0. The minimum Gasteiger partial charge on any atom is -0.396 e. The smallest absolute Gasteiger partial charge is 0.227 e. The molecule has 0 aliphatic carbocycles. The lowest BCUT2D eigenvalue weighted by Gasteiger charge is -2.20. The van der Waals surface area contributed by atoms with Gasteiger partial charge >= 0.3 is 0 Å². The molecule has 0 aliphatic rings. The van der Waals surface area contributed by atoms with Crippen molar-refractivity contribution in [2.75, 3.05) is 25.0 Å². The van der Waals surface area contributed by atoms with E-state index in [0.717, 1.165) is 49.6 Å². The van der Waals surface area contributed by atoms with Crippen LogP contribution >= 0.6 is 0 Å². The van der Waals surface area contributed by atoms with E-state index in [1.807, 2.05) is 45.0 Å². The van der Waals surface area contributed by atoms with Gasteiger partial charge in [0.05, 0.1) is 6.54 Å². The average Bonchev–Trinajstić information content (AvgIpc) is 2.69. The van der Waals surface area contributed by atoms with Gasteiger partial charge in [-0.25, -0.2) is 4.99 Å². The van der Waals surface area contributed by atoms with Gasteiger partial charge in [0, 0.05) is 31.3 Å². The van der Waals surface area contributed by atoms with Crippen molar-refractivity contribution in [2.45, 2.75) is 60.4 Å². The van der Waals surface area contributed by atoms with Gasteiger partial charge in [0.15, 0.2) is 5.96 Å². The van der Waals surface area contributed by atoms with Gasteiger partial charge in [-0.15, -0.1) is 0 Å². The van der Waals surface area contributed by atoms with E-state index in [0.29, 0.717) is 18.4 Å². The topological polar surface area (TPSA) is 85.8 Å². The monoisotopic (exact) mass is 404 g/mol. The lowest BCUT2D eigenvalue weighted by atomic mass is 9.94. The zero-order valence-electron chi connectivity index (χ0n) is 18.8. The Hall–Kier alpha value is -2.08. The Morgan fingerprint density at radius 2 is 1.93 bits per heavy atom. The van der Waals surface area contributed by atoms with Crippen LogP contribution in [0.2, 0.25) is 0 Å². The minimum absolute atomic E-state index is 0.000982. The molecule has 0 bridgehead atoms. The Bertz CT molecular complexity index is 631. The van der Waals surface area contributed by atoms with Gasteiger partial charge in [-0.3, -0.25) is 4.79 Å². The average molecular weight is 405 g/mol. The van der Waals surface area contributed by atoms with Crippen molar-refractivity contribution in [3.8, 4) is 0 Å². The van der Waals surface area contributed by atoms with Gasteiger partial charge in [-0.2, -0.15) is 0 Å². The predicted octanol–water partition coefficient (Wildman–Crippen LogP) is 3.77. The molecular formula is C23H40N4O2. The molecular weight excluding hydrogens is 364 g/mol. The Morgan fingerprint density at radius 1 is 1.17 bits per heavy atom. The number of guanidine groups is 1. The van der Waals surface area contributed by atoms with Crippen LogP contribution < -0.4 is 16.0 Å². The van der Waals surface area contributed by atoms with E-state index >= 15 is 0 Å². The summed E-state index contributed by atoms with van der Waals surface area (Å²) in [6.07, 6.45) is 2.69. The van der Waals surface area contributed by atoms with Crippen LogP contribution in [0.15, 0.2) is 29.3 Å². The summed E-state index contributed by atoms with van der Waals surface area (Å²) in [5, 5.41) is 19.0. The number of aliphatic hydroxyl groups excluding tert-OH is 1. The normalized spacial score (nSPS) is 13.8. The summed E-state index contributed by atoms with van der Waals surface area (Å²) in [6, 6.07) is 7.83. The first-order chi connectivity index (χ1) is 13.9. The molecule has 0 radical (unpaired) electrons. The molecule has 29 heavy (non-hydrogen) atoms. The number of benzene rings is 1. The summed E-state index contributed by atoms with van der Waals surface area (Å²) < 4.78 is 0. The summed E-state index contributed by atoms with van der Waals surface area (Å²) in [5.41, 5.74) is 1.85. The Balaban J connectivity index is 2.72. The summed E-state index contributed by atoms with van der Waals surface area (Å²) in [6.45, 7) is 12.7. The predicted molar refractivity (Wildman–Crippen MR) is 122 cm³/mol. The maximum absolute atomic E-state index is 12.1. The molecule has 0 aliphatic heterocycles. The Morgan fingerprint density at radius 3 is 2.55 bits per heavy atom. The molecule has 6 nitrogen and oxygen atoms in total. The lowest BCUT2D eigenvalue weighted by Crippen LogP contribution is -2.40. The van der Waals surface area contributed by atoms with Gasteiger partial charge in [-0.1, -0.05) is 39.8 Å². The first kappa shape index (κ1) is 25.0. The van der Waals surface area contributed by atoms with Gasteiger partial charge < -0.3 is 21.1 Å². The number of carbonyl (C=O) groups is 1. The van der Waals surface area contributed by atoms with Crippen LogP contribution in [0.25, 0.3) is 0 Å². The Kier molecular flexibility index (Phi) is 12.0. The fraction of sp³-hybridized carbons (Fsp3) is 0.652. The standard InChI is InChI=1S/C23H40N4O2/c1-6-18(5)22(29)27-21-10-8-9-19(14-21)15-25-23(24-7-2)26-16-20(11-12-28)13-17(3)4/h8-10,14,17-18,20,28H,6-7,11-13,15-16H2,1-5H3,(H,27,29)(H2,24,25,26). The molecule has 2 atom stereocenters. The number of carbonyl (C=O) groups excluding carboxylic acids is 1. The second kappa shape index (κ2) is 14.0. The second-order valence-corrected chi connectivity index (χ2v) is 8.08. The molecule has 0 aromatic heterocycles. The molecule has 1 aromatic rings. The maximum Gasteiger partial charge on any atom is 0.227 e. The number of hydrogen-bond acceptors (Lipinski definition) is 3. The third-order valence-electron chi connectivity index (χ3n) is 4.92. The summed E-state index contributed by atoms with van der Waals surface area (Å²) in [5.74, 6) is 1.83. The first-order valence-corrected chi connectivity index (χ1v) is 10.9. The molecule has 0 saturated heterocycles. The highest BCUT2D eigenvalue weighted by atomic mass is 16.3. The van der Waals surface area contributed by atoms with Crippen LogP contribution in [0.4, 0.5) is 5.69 Å². The number of aliphatic imine (C=N–C) groups is 1. The van der Waals surface area contributed by atoms with Gasteiger partial charge in [-0.05, 0) is 55.7 Å². The van der Waals surface area contributed by atoms with Crippen molar-refractivity contribution >= 4 is 17.6 Å². The zero-order valence-corrected chi connectivity index (χ0v) is 18.8. The quantitative estimate of drug-likeness (QED) is 0.315. The fourth-order valence-corrected chi connectivity index (χ4v) is 3.10. The Labute approximate surface area is 176 Å². The number of nitrogens with zero attached hydrogens (tertiary/aromatic N) is 1. The molecule has 1 rings (SSSR count). The van der Waals surface area contributed by atoms with Crippen molar-refractivity contribution in [2.24, 2.45) is 22.7 Å². The highest BCUT2D eigenvalue weighted by Gasteiger charge is 2.12. The molecule has 0 fully saturated rings. The van der Waals surface area contributed by atoms with E-state index in [1.54, 1.807) is 0 Å². The van der Waals surface area contributed by atoms with E-state index in [1.165, 1.54) is 0 Å². The highest BCUT2D eigenvalue weighted by Crippen LogP contribution is 2.15. The van der Waals surface area contributed by atoms with Crippen molar-refractivity contribution in [1.29, 1.82) is 0 Å². The molecule has 2 unspecified atom stereocenters. The maximum atomic E-state index is 12.1. The third kappa shape index (κ3) is 10.3. The number of anilines is 1. The molecule has 0 spiro atoms. The third-order valence-corrected chi connectivity index (χ3v) is 4.92. The van der Waals surface area contributed by atoms with E-state index in [4.69, 9.17) is 0 Å². The van der Waals surface area contributed by atoms with E-state index < -0.39 is 0 Å². The van der Waals surface area contributed by atoms with E-state index in [9.17, 15) is 9.90 Å². The molecule has 164 valence electrons. The molecule has 6 heteroatoms. The second-order valence-electron chi connectivity index (χ2n) is 8.08. The SMILES string of the molecule is CCNC(=NCc1cccc(NC(=O)C(C)CC)c1)NCC(CCO)CC(C)C. The van der Waals surface area contributed by atoms with Gasteiger partial charge in [0.1, 0.15) is 0 Å². The first-order valence-electron chi connectivity index (χ1n) is 10.9. The number of aliphatic hydroxyl groups is 1. The van der Waals surface area contributed by atoms with E-state index in [2.05, 4.69) is 34.8 Å². The summed E-state index contributed by atoms with van der Waals surface area (Å²) in [4.78, 5) is 16.8. The number of nitrogens with one attached hydrogen (secondary N) is 3. The summed E-state index contributed by atoms with van der Waals surface area (Å²) in [7, 11) is 0. The van der Waals surface area contributed by atoms with E-state index in [-0.39, 0.29) is 18.4 Å². The molecule has 4 N–H and O–H groups in total. The number of rotatable bonds is 12. The molecule has 1 aromatic carbocycles. The fourth-order valence-electron chi connectivity index (χ4n) is 3.10. The van der Waals surface area contributed by atoms with Crippen LogP contribution in [-0.2, 0) is 11.3 Å².